The fraction of sp³-hybridized carbons (Fsp3) is 0.786. The zero-order chi connectivity index (χ0) is 12.7. The molecular weight excluding hydrogens is 214 g/mol. The molecule has 1 aliphatic carbocycles. The Balaban J connectivity index is 2.31. The van der Waals surface area contributed by atoms with Crippen LogP contribution in [-0.4, -0.2) is 23.7 Å². The second kappa shape index (κ2) is 7.49. The van der Waals surface area contributed by atoms with Crippen LogP contribution in [-0.2, 0) is 4.79 Å². The quantitative estimate of drug-likeness (QED) is 0.701. The minimum absolute atomic E-state index is 0.499. The largest absolute Gasteiger partial charge is 0.478 e. The van der Waals surface area contributed by atoms with Crippen molar-refractivity contribution in [1.29, 1.82) is 0 Å². The maximum atomic E-state index is 10.8. The summed E-state index contributed by atoms with van der Waals surface area (Å²) in [5.41, 5.74) is 0.508. The van der Waals surface area contributed by atoms with E-state index in [0.717, 1.165) is 5.92 Å². The van der Waals surface area contributed by atoms with Crippen LogP contribution in [0.1, 0.15) is 52.4 Å². The van der Waals surface area contributed by atoms with Gasteiger partial charge in [-0.2, -0.15) is 0 Å². The summed E-state index contributed by atoms with van der Waals surface area (Å²) in [6.07, 6.45) is 9.11. The van der Waals surface area contributed by atoms with E-state index in [0.29, 0.717) is 24.6 Å². The van der Waals surface area contributed by atoms with Crippen LogP contribution in [0, 0.1) is 5.92 Å². The van der Waals surface area contributed by atoms with E-state index in [9.17, 15) is 4.79 Å². The summed E-state index contributed by atoms with van der Waals surface area (Å²) in [6, 6.07) is 0.499. The maximum Gasteiger partial charge on any atom is 0.331 e. The molecule has 0 aromatic rings. The number of rotatable bonds is 6. The highest BCUT2D eigenvalue weighted by Gasteiger charge is 2.19. The van der Waals surface area contributed by atoms with Crippen molar-refractivity contribution in [3.05, 3.63) is 11.6 Å². The molecule has 2 N–H and O–H groups in total. The second-order valence-corrected chi connectivity index (χ2v) is 4.98. The molecule has 1 saturated carbocycles. The molecule has 0 aromatic carbocycles. The summed E-state index contributed by atoms with van der Waals surface area (Å²) in [5, 5.41) is 12.3. The molecule has 0 aromatic heterocycles. The third kappa shape index (κ3) is 4.90. The highest BCUT2D eigenvalue weighted by atomic mass is 16.4. The predicted octanol–water partition coefficient (Wildman–Crippen LogP) is 2.97. The van der Waals surface area contributed by atoms with E-state index in [4.69, 9.17) is 5.11 Å². The van der Waals surface area contributed by atoms with Crippen LogP contribution in [0.2, 0.25) is 0 Å². The standard InChI is InChI=1S/C14H25NO2/c1-3-12(14(16)17)9-10-15-11(2)13-7-5-4-6-8-13/h9,11,13,15H,3-8,10H2,1-2H3,(H,16,17)/t11-/m0/s1. The third-order valence-corrected chi connectivity index (χ3v) is 3.80. The predicted molar refractivity (Wildman–Crippen MR) is 70.0 cm³/mol. The summed E-state index contributed by atoms with van der Waals surface area (Å²) in [5.74, 6) is -0.0216. The zero-order valence-electron chi connectivity index (χ0n) is 11.0. The second-order valence-electron chi connectivity index (χ2n) is 4.98. The summed E-state index contributed by atoms with van der Waals surface area (Å²) in [7, 11) is 0. The molecule has 1 aliphatic rings. The van der Waals surface area contributed by atoms with Crippen molar-refractivity contribution in [3.63, 3.8) is 0 Å². The Bertz CT molecular complexity index is 267. The fourth-order valence-electron chi connectivity index (χ4n) is 2.55. The Hall–Kier alpha value is -0.830. The van der Waals surface area contributed by atoms with E-state index in [1.165, 1.54) is 32.1 Å². The van der Waals surface area contributed by atoms with E-state index in [2.05, 4.69) is 12.2 Å². The molecule has 0 heterocycles. The molecule has 17 heavy (non-hydrogen) atoms. The number of carboxylic acid groups (broad SMARTS) is 1. The molecule has 3 heteroatoms. The molecule has 0 saturated heterocycles. The first-order valence-electron chi connectivity index (χ1n) is 6.80. The molecule has 0 spiro atoms. The summed E-state index contributed by atoms with van der Waals surface area (Å²) in [6.45, 7) is 4.77. The maximum absolute atomic E-state index is 10.8. The SMILES string of the molecule is CCC(=CCN[C@@H](C)C1CCCCC1)C(=O)O. The van der Waals surface area contributed by atoms with Gasteiger partial charge in [0.25, 0.3) is 0 Å². The highest BCUT2D eigenvalue weighted by Crippen LogP contribution is 2.26. The van der Waals surface area contributed by atoms with Crippen molar-refractivity contribution < 1.29 is 9.90 Å². The molecular formula is C14H25NO2. The lowest BCUT2D eigenvalue weighted by Gasteiger charge is -2.28. The van der Waals surface area contributed by atoms with Crippen LogP contribution in [0.15, 0.2) is 11.6 Å². The zero-order valence-corrected chi connectivity index (χ0v) is 11.0. The Kier molecular flexibility index (Phi) is 6.27. The first-order chi connectivity index (χ1) is 8.15. The summed E-state index contributed by atoms with van der Waals surface area (Å²) < 4.78 is 0. The number of aliphatic carboxylic acids is 1. The van der Waals surface area contributed by atoms with Gasteiger partial charge in [-0.25, -0.2) is 4.79 Å². The van der Waals surface area contributed by atoms with Crippen LogP contribution in [0.25, 0.3) is 0 Å². The minimum atomic E-state index is -0.792. The van der Waals surface area contributed by atoms with Crippen molar-refractivity contribution in [1.82, 2.24) is 5.32 Å². The van der Waals surface area contributed by atoms with Gasteiger partial charge in [-0.05, 0) is 32.1 Å². The van der Waals surface area contributed by atoms with Crippen LogP contribution >= 0.6 is 0 Å². The summed E-state index contributed by atoms with van der Waals surface area (Å²) >= 11 is 0. The lowest BCUT2D eigenvalue weighted by Crippen LogP contribution is -2.34. The van der Waals surface area contributed by atoms with Gasteiger partial charge in [0.05, 0.1) is 0 Å². The van der Waals surface area contributed by atoms with E-state index < -0.39 is 5.97 Å². The van der Waals surface area contributed by atoms with Crippen molar-refractivity contribution in [2.45, 2.75) is 58.4 Å². The molecule has 0 aliphatic heterocycles. The molecule has 1 atom stereocenters. The smallest absolute Gasteiger partial charge is 0.331 e. The first-order valence-corrected chi connectivity index (χ1v) is 6.80. The Labute approximate surface area is 104 Å². The molecule has 0 bridgehead atoms. The molecule has 0 amide bonds. The van der Waals surface area contributed by atoms with E-state index in [1.54, 1.807) is 0 Å². The van der Waals surface area contributed by atoms with E-state index >= 15 is 0 Å². The number of carboxylic acids is 1. The number of hydrogen-bond acceptors (Lipinski definition) is 2. The molecule has 3 nitrogen and oxygen atoms in total. The van der Waals surface area contributed by atoms with E-state index in [1.807, 2.05) is 13.0 Å². The normalized spacial score (nSPS) is 20.2. The van der Waals surface area contributed by atoms with Gasteiger partial charge in [-0.3, -0.25) is 0 Å². The Morgan fingerprint density at radius 1 is 1.41 bits per heavy atom. The van der Waals surface area contributed by atoms with Gasteiger partial charge in [0, 0.05) is 18.2 Å². The average Bonchev–Trinajstić information content (AvgIpc) is 2.35. The van der Waals surface area contributed by atoms with Gasteiger partial charge in [-0.15, -0.1) is 0 Å². The van der Waals surface area contributed by atoms with Gasteiger partial charge >= 0.3 is 5.97 Å². The van der Waals surface area contributed by atoms with E-state index in [-0.39, 0.29) is 0 Å². The lowest BCUT2D eigenvalue weighted by molar-refractivity contribution is -0.132. The topological polar surface area (TPSA) is 49.3 Å². The van der Waals surface area contributed by atoms with Crippen molar-refractivity contribution in [3.8, 4) is 0 Å². The van der Waals surface area contributed by atoms with Gasteiger partial charge in [0.1, 0.15) is 0 Å². The fourth-order valence-corrected chi connectivity index (χ4v) is 2.55. The van der Waals surface area contributed by atoms with Crippen LogP contribution in [0.3, 0.4) is 0 Å². The first kappa shape index (κ1) is 14.2. The molecule has 0 radical (unpaired) electrons. The number of carbonyl (C=O) groups is 1. The van der Waals surface area contributed by atoms with Gasteiger partial charge < -0.3 is 10.4 Å². The number of nitrogens with one attached hydrogen (secondary N) is 1. The number of hydrogen-bond donors (Lipinski definition) is 2. The lowest BCUT2D eigenvalue weighted by atomic mass is 9.84. The molecule has 98 valence electrons. The van der Waals surface area contributed by atoms with Crippen molar-refractivity contribution in [2.24, 2.45) is 5.92 Å². The molecule has 1 rings (SSSR count). The van der Waals surface area contributed by atoms with Gasteiger partial charge in [0.2, 0.25) is 0 Å². The molecule has 0 unspecified atom stereocenters. The third-order valence-electron chi connectivity index (χ3n) is 3.80. The van der Waals surface area contributed by atoms with Gasteiger partial charge in [-0.1, -0.05) is 32.3 Å². The summed E-state index contributed by atoms with van der Waals surface area (Å²) in [4.78, 5) is 10.8. The van der Waals surface area contributed by atoms with Crippen LogP contribution < -0.4 is 5.32 Å². The minimum Gasteiger partial charge on any atom is -0.478 e. The average molecular weight is 239 g/mol. The van der Waals surface area contributed by atoms with Crippen LogP contribution in [0.4, 0.5) is 0 Å². The monoisotopic (exact) mass is 239 g/mol. The molecule has 1 fully saturated rings. The van der Waals surface area contributed by atoms with Gasteiger partial charge in [0.15, 0.2) is 0 Å². The van der Waals surface area contributed by atoms with Crippen molar-refractivity contribution in [2.75, 3.05) is 6.54 Å². The Morgan fingerprint density at radius 3 is 2.59 bits per heavy atom. The Morgan fingerprint density at radius 2 is 2.06 bits per heavy atom. The van der Waals surface area contributed by atoms with Crippen molar-refractivity contribution >= 4 is 5.97 Å². The van der Waals surface area contributed by atoms with Crippen LogP contribution in [0.5, 0.6) is 0 Å². The highest BCUT2D eigenvalue weighted by molar-refractivity contribution is 5.86.